The average Bonchev–Trinajstić information content (AvgIpc) is 2.62. The van der Waals surface area contributed by atoms with Gasteiger partial charge in [-0.2, -0.15) is 0 Å². The molecule has 2 aromatic rings. The van der Waals surface area contributed by atoms with Crippen molar-refractivity contribution >= 4 is 23.4 Å². The first-order chi connectivity index (χ1) is 12.4. The molecule has 138 valence electrons. The quantitative estimate of drug-likeness (QED) is 0.806. The predicted octanol–water partition coefficient (Wildman–Crippen LogP) is 3.52. The van der Waals surface area contributed by atoms with Crippen LogP contribution in [0.1, 0.15) is 29.3 Å². The normalized spacial score (nSPS) is 11.5. The Bertz CT molecular complexity index is 765. The van der Waals surface area contributed by atoms with Crippen molar-refractivity contribution in [3.8, 4) is 5.75 Å². The summed E-state index contributed by atoms with van der Waals surface area (Å²) >= 11 is 6.03. The molecule has 5 nitrogen and oxygen atoms in total. The van der Waals surface area contributed by atoms with Gasteiger partial charge in [-0.25, -0.2) is 0 Å². The standard InChI is InChI=1S/C20H23ClN2O3/c1-14(22-20(25)15-7-5-4-6-8-15)11-19(24)23(2)13-16-12-17(21)9-10-18(16)26-3/h4-10,12,14H,11,13H2,1-3H3,(H,22,25). The van der Waals surface area contributed by atoms with Crippen LogP contribution in [0.25, 0.3) is 0 Å². The van der Waals surface area contributed by atoms with Gasteiger partial charge in [0.15, 0.2) is 0 Å². The molecular formula is C20H23ClN2O3. The highest BCUT2D eigenvalue weighted by molar-refractivity contribution is 6.30. The van der Waals surface area contributed by atoms with E-state index in [2.05, 4.69) is 5.32 Å². The Morgan fingerprint density at radius 1 is 1.19 bits per heavy atom. The Hall–Kier alpha value is -2.53. The van der Waals surface area contributed by atoms with Crippen molar-refractivity contribution in [2.45, 2.75) is 25.9 Å². The number of methoxy groups -OCH3 is 1. The summed E-state index contributed by atoms with van der Waals surface area (Å²) in [7, 11) is 3.30. The number of hydrogen-bond donors (Lipinski definition) is 1. The van der Waals surface area contributed by atoms with Gasteiger partial charge in [-0.15, -0.1) is 0 Å². The van der Waals surface area contributed by atoms with Crippen LogP contribution in [0.4, 0.5) is 0 Å². The third kappa shape index (κ3) is 5.49. The fraction of sp³-hybridized carbons (Fsp3) is 0.300. The SMILES string of the molecule is COc1ccc(Cl)cc1CN(C)C(=O)CC(C)NC(=O)c1ccccc1. The minimum absolute atomic E-state index is 0.0760. The highest BCUT2D eigenvalue weighted by atomic mass is 35.5. The Morgan fingerprint density at radius 2 is 1.88 bits per heavy atom. The third-order valence-electron chi connectivity index (χ3n) is 3.97. The van der Waals surface area contributed by atoms with Crippen molar-refractivity contribution in [2.24, 2.45) is 0 Å². The van der Waals surface area contributed by atoms with Crippen LogP contribution in [-0.2, 0) is 11.3 Å². The van der Waals surface area contributed by atoms with Crippen molar-refractivity contribution in [3.05, 3.63) is 64.7 Å². The van der Waals surface area contributed by atoms with E-state index in [0.29, 0.717) is 22.9 Å². The van der Waals surface area contributed by atoms with E-state index in [9.17, 15) is 9.59 Å². The summed E-state index contributed by atoms with van der Waals surface area (Å²) in [6, 6.07) is 14.0. The molecule has 2 rings (SSSR count). The van der Waals surface area contributed by atoms with Crippen LogP contribution >= 0.6 is 11.6 Å². The van der Waals surface area contributed by atoms with Crippen LogP contribution in [0.3, 0.4) is 0 Å². The first kappa shape index (κ1) is 19.8. The lowest BCUT2D eigenvalue weighted by molar-refractivity contribution is -0.130. The maximum atomic E-state index is 12.5. The summed E-state index contributed by atoms with van der Waals surface area (Å²) in [5.74, 6) is 0.414. The fourth-order valence-corrected chi connectivity index (χ4v) is 2.77. The molecule has 1 unspecified atom stereocenters. The molecule has 0 saturated heterocycles. The molecule has 1 N–H and O–H groups in total. The second-order valence-corrected chi connectivity index (χ2v) is 6.59. The molecule has 2 amide bonds. The van der Waals surface area contributed by atoms with Crippen molar-refractivity contribution in [2.75, 3.05) is 14.2 Å². The van der Waals surface area contributed by atoms with Crippen molar-refractivity contribution < 1.29 is 14.3 Å². The van der Waals surface area contributed by atoms with Gasteiger partial charge in [-0.1, -0.05) is 29.8 Å². The van der Waals surface area contributed by atoms with Gasteiger partial charge in [-0.05, 0) is 37.3 Å². The zero-order valence-corrected chi connectivity index (χ0v) is 15.9. The molecule has 0 heterocycles. The lowest BCUT2D eigenvalue weighted by atomic mass is 10.1. The maximum absolute atomic E-state index is 12.5. The van der Waals surface area contributed by atoms with Crippen molar-refractivity contribution in [1.29, 1.82) is 0 Å². The maximum Gasteiger partial charge on any atom is 0.251 e. The Kier molecular flexibility index (Phi) is 7.04. The average molecular weight is 375 g/mol. The van der Waals surface area contributed by atoms with Crippen LogP contribution in [0.15, 0.2) is 48.5 Å². The second-order valence-electron chi connectivity index (χ2n) is 6.15. The van der Waals surface area contributed by atoms with Crippen LogP contribution in [0.2, 0.25) is 5.02 Å². The number of amides is 2. The molecule has 0 aromatic heterocycles. The smallest absolute Gasteiger partial charge is 0.251 e. The number of hydrogen-bond acceptors (Lipinski definition) is 3. The fourth-order valence-electron chi connectivity index (χ4n) is 2.58. The Balaban J connectivity index is 1.92. The van der Waals surface area contributed by atoms with Gasteiger partial charge < -0.3 is 15.0 Å². The molecule has 0 aliphatic carbocycles. The predicted molar refractivity (Wildman–Crippen MR) is 102 cm³/mol. The number of halogens is 1. The Labute approximate surface area is 158 Å². The molecule has 6 heteroatoms. The summed E-state index contributed by atoms with van der Waals surface area (Å²) < 4.78 is 5.31. The van der Waals surface area contributed by atoms with Crippen molar-refractivity contribution in [3.63, 3.8) is 0 Å². The highest BCUT2D eigenvalue weighted by Gasteiger charge is 2.17. The molecule has 0 bridgehead atoms. The number of ether oxygens (including phenoxy) is 1. The number of nitrogens with zero attached hydrogens (tertiary/aromatic N) is 1. The van der Waals surface area contributed by atoms with E-state index in [1.165, 1.54) is 0 Å². The number of carbonyl (C=O) groups excluding carboxylic acids is 2. The first-order valence-corrected chi connectivity index (χ1v) is 8.70. The monoisotopic (exact) mass is 374 g/mol. The number of nitrogens with one attached hydrogen (secondary N) is 1. The van der Waals surface area contributed by atoms with Gasteiger partial charge in [-0.3, -0.25) is 9.59 Å². The van der Waals surface area contributed by atoms with Crippen LogP contribution < -0.4 is 10.1 Å². The largest absolute Gasteiger partial charge is 0.496 e. The van der Waals surface area contributed by atoms with Gasteiger partial charge in [0.2, 0.25) is 5.91 Å². The van der Waals surface area contributed by atoms with Crippen molar-refractivity contribution in [1.82, 2.24) is 10.2 Å². The molecule has 0 radical (unpaired) electrons. The third-order valence-corrected chi connectivity index (χ3v) is 4.21. The van der Waals surface area contributed by atoms with Gasteiger partial charge in [0.25, 0.3) is 5.91 Å². The summed E-state index contributed by atoms with van der Waals surface area (Å²) in [4.78, 5) is 26.2. The molecule has 0 aliphatic heterocycles. The first-order valence-electron chi connectivity index (χ1n) is 8.33. The highest BCUT2D eigenvalue weighted by Crippen LogP contribution is 2.24. The van der Waals surface area contributed by atoms with E-state index in [1.54, 1.807) is 61.5 Å². The molecule has 0 spiro atoms. The van der Waals surface area contributed by atoms with Crippen LogP contribution in [0, 0.1) is 0 Å². The van der Waals surface area contributed by atoms with E-state index in [0.717, 1.165) is 5.56 Å². The number of carbonyl (C=O) groups is 2. The molecule has 26 heavy (non-hydrogen) atoms. The second kappa shape index (κ2) is 9.25. The van der Waals surface area contributed by atoms with Gasteiger partial charge in [0.05, 0.1) is 7.11 Å². The van der Waals surface area contributed by atoms with Crippen LogP contribution in [0.5, 0.6) is 5.75 Å². The molecule has 0 fully saturated rings. The minimum Gasteiger partial charge on any atom is -0.496 e. The Morgan fingerprint density at radius 3 is 2.54 bits per heavy atom. The lowest BCUT2D eigenvalue weighted by Gasteiger charge is -2.21. The van der Waals surface area contributed by atoms with E-state index in [1.807, 2.05) is 13.0 Å². The topological polar surface area (TPSA) is 58.6 Å². The van der Waals surface area contributed by atoms with E-state index < -0.39 is 0 Å². The van der Waals surface area contributed by atoms with E-state index in [-0.39, 0.29) is 24.3 Å². The lowest BCUT2D eigenvalue weighted by Crippen LogP contribution is -2.37. The molecular weight excluding hydrogens is 352 g/mol. The summed E-state index contributed by atoms with van der Waals surface area (Å²) in [5, 5.41) is 3.43. The molecule has 0 saturated carbocycles. The zero-order chi connectivity index (χ0) is 19.1. The van der Waals surface area contributed by atoms with Gasteiger partial charge in [0.1, 0.15) is 5.75 Å². The molecule has 2 aromatic carbocycles. The van der Waals surface area contributed by atoms with E-state index >= 15 is 0 Å². The summed E-state index contributed by atoms with van der Waals surface area (Å²) in [5.41, 5.74) is 1.40. The van der Waals surface area contributed by atoms with Gasteiger partial charge in [0, 0.05) is 42.2 Å². The molecule has 0 aliphatic rings. The summed E-state index contributed by atoms with van der Waals surface area (Å²) in [6.45, 7) is 2.19. The minimum atomic E-state index is -0.279. The molecule has 1 atom stereocenters. The number of rotatable bonds is 7. The number of benzene rings is 2. The van der Waals surface area contributed by atoms with Crippen LogP contribution in [-0.4, -0.2) is 36.9 Å². The summed E-state index contributed by atoms with van der Waals surface area (Å²) in [6.07, 6.45) is 0.206. The van der Waals surface area contributed by atoms with E-state index in [4.69, 9.17) is 16.3 Å². The zero-order valence-electron chi connectivity index (χ0n) is 15.2. The van der Waals surface area contributed by atoms with Gasteiger partial charge >= 0.3 is 0 Å².